The van der Waals surface area contributed by atoms with Gasteiger partial charge in [0, 0.05) is 18.5 Å². The Hall–Kier alpha value is -0.820. The molecule has 0 aromatic heterocycles. The van der Waals surface area contributed by atoms with Crippen molar-refractivity contribution in [3.63, 3.8) is 0 Å². The molecule has 18 heavy (non-hydrogen) atoms. The van der Waals surface area contributed by atoms with E-state index in [1.54, 1.807) is 16.7 Å². The quantitative estimate of drug-likeness (QED) is 0.672. The van der Waals surface area contributed by atoms with Gasteiger partial charge in [0.1, 0.15) is 0 Å². The number of benzene rings is 1. The van der Waals surface area contributed by atoms with E-state index >= 15 is 0 Å². The van der Waals surface area contributed by atoms with Gasteiger partial charge in [0.05, 0.1) is 0 Å². The molecule has 0 saturated carbocycles. The van der Waals surface area contributed by atoms with Crippen LogP contribution in [0, 0.1) is 0 Å². The van der Waals surface area contributed by atoms with Crippen LogP contribution in [0.5, 0.6) is 0 Å². The molecule has 0 saturated heterocycles. The third-order valence-corrected chi connectivity index (χ3v) is 4.78. The topological polar surface area (TPSA) is 3.24 Å². The van der Waals surface area contributed by atoms with Gasteiger partial charge >= 0.3 is 0 Å². The Morgan fingerprint density at radius 2 is 1.83 bits per heavy atom. The lowest BCUT2D eigenvalue weighted by molar-refractivity contribution is 0.224. The van der Waals surface area contributed by atoms with Gasteiger partial charge in [0.2, 0.25) is 0 Å². The SMILES string of the molecule is CN1Cc2cc(C(C)(C)C)cc3c2[C@](C)(CC3)C1. The fourth-order valence-corrected chi connectivity index (χ4v) is 3.93. The highest BCUT2D eigenvalue weighted by Gasteiger charge is 2.40. The summed E-state index contributed by atoms with van der Waals surface area (Å²) in [5.41, 5.74) is 7.10. The zero-order valence-electron chi connectivity index (χ0n) is 12.4. The van der Waals surface area contributed by atoms with Crippen LogP contribution in [-0.4, -0.2) is 18.5 Å². The summed E-state index contributed by atoms with van der Waals surface area (Å²) in [6, 6.07) is 4.95. The van der Waals surface area contributed by atoms with E-state index in [-0.39, 0.29) is 5.41 Å². The van der Waals surface area contributed by atoms with Crippen molar-refractivity contribution in [2.45, 2.75) is 57.9 Å². The van der Waals surface area contributed by atoms with Gasteiger partial charge in [-0.15, -0.1) is 0 Å². The summed E-state index contributed by atoms with van der Waals surface area (Å²) in [4.78, 5) is 2.49. The van der Waals surface area contributed by atoms with Crippen LogP contribution in [0.1, 0.15) is 56.4 Å². The molecule has 0 unspecified atom stereocenters. The minimum absolute atomic E-state index is 0.264. The third-order valence-electron chi connectivity index (χ3n) is 4.78. The van der Waals surface area contributed by atoms with Crippen molar-refractivity contribution in [1.29, 1.82) is 0 Å². The lowest BCUT2D eigenvalue weighted by Crippen LogP contribution is -2.40. The van der Waals surface area contributed by atoms with Gasteiger partial charge in [-0.05, 0) is 47.6 Å². The Morgan fingerprint density at radius 1 is 1.17 bits per heavy atom. The lowest BCUT2D eigenvalue weighted by atomic mass is 9.76. The average Bonchev–Trinajstić information content (AvgIpc) is 2.55. The Labute approximate surface area is 111 Å². The molecule has 1 aliphatic heterocycles. The van der Waals surface area contributed by atoms with Crippen LogP contribution in [0.25, 0.3) is 0 Å². The summed E-state index contributed by atoms with van der Waals surface area (Å²) in [7, 11) is 2.26. The molecule has 0 radical (unpaired) electrons. The highest BCUT2D eigenvalue weighted by atomic mass is 15.1. The fraction of sp³-hybridized carbons (Fsp3) is 0.647. The highest BCUT2D eigenvalue weighted by Crippen LogP contribution is 2.45. The first-order chi connectivity index (χ1) is 8.29. The number of aryl methyl sites for hydroxylation is 1. The normalized spacial score (nSPS) is 27.4. The van der Waals surface area contributed by atoms with Gasteiger partial charge in [-0.2, -0.15) is 0 Å². The van der Waals surface area contributed by atoms with E-state index in [4.69, 9.17) is 0 Å². The molecule has 1 aromatic rings. The van der Waals surface area contributed by atoms with Crippen LogP contribution in [0.3, 0.4) is 0 Å². The van der Waals surface area contributed by atoms with Crippen molar-refractivity contribution in [2.24, 2.45) is 0 Å². The molecule has 1 nitrogen and oxygen atoms in total. The first kappa shape index (κ1) is 12.2. The zero-order valence-corrected chi connectivity index (χ0v) is 12.4. The number of nitrogens with zero attached hydrogens (tertiary/aromatic N) is 1. The minimum atomic E-state index is 0.264. The van der Waals surface area contributed by atoms with Crippen molar-refractivity contribution in [2.75, 3.05) is 13.6 Å². The average molecular weight is 243 g/mol. The van der Waals surface area contributed by atoms with Crippen LogP contribution in [0.4, 0.5) is 0 Å². The predicted molar refractivity (Wildman–Crippen MR) is 77.1 cm³/mol. The van der Waals surface area contributed by atoms with Crippen LogP contribution in [-0.2, 0) is 23.8 Å². The summed E-state index contributed by atoms with van der Waals surface area (Å²) >= 11 is 0. The van der Waals surface area contributed by atoms with E-state index < -0.39 is 0 Å². The molecule has 0 bridgehead atoms. The van der Waals surface area contributed by atoms with E-state index in [2.05, 4.69) is 51.8 Å². The van der Waals surface area contributed by atoms with E-state index in [1.807, 2.05) is 0 Å². The highest BCUT2D eigenvalue weighted by molar-refractivity contribution is 5.50. The number of hydrogen-bond acceptors (Lipinski definition) is 1. The Bertz CT molecular complexity index is 495. The number of likely N-dealkylation sites (N-methyl/N-ethyl adjacent to an activating group) is 1. The van der Waals surface area contributed by atoms with Crippen molar-refractivity contribution in [3.05, 3.63) is 34.4 Å². The Balaban J connectivity index is 2.19. The zero-order chi connectivity index (χ0) is 13.1. The van der Waals surface area contributed by atoms with E-state index in [0.29, 0.717) is 5.41 Å². The molecule has 3 rings (SSSR count). The lowest BCUT2D eigenvalue weighted by Gasteiger charge is -2.38. The van der Waals surface area contributed by atoms with Crippen LogP contribution < -0.4 is 0 Å². The van der Waals surface area contributed by atoms with Gasteiger partial charge in [0.25, 0.3) is 0 Å². The molecule has 0 spiro atoms. The first-order valence-electron chi connectivity index (χ1n) is 7.15. The molecule has 1 heterocycles. The van der Waals surface area contributed by atoms with E-state index in [9.17, 15) is 0 Å². The van der Waals surface area contributed by atoms with Crippen molar-refractivity contribution >= 4 is 0 Å². The maximum Gasteiger partial charge on any atom is 0.0234 e. The third kappa shape index (κ3) is 1.72. The summed E-state index contributed by atoms with van der Waals surface area (Å²) in [5, 5.41) is 0. The molecule has 0 fully saturated rings. The minimum Gasteiger partial charge on any atom is -0.301 e. The maximum atomic E-state index is 2.49. The molecular formula is C17H25N. The predicted octanol–water partition coefficient (Wildman–Crippen LogP) is 3.63. The smallest absolute Gasteiger partial charge is 0.0234 e. The molecule has 1 atom stereocenters. The van der Waals surface area contributed by atoms with Crippen molar-refractivity contribution in [1.82, 2.24) is 4.90 Å². The van der Waals surface area contributed by atoms with Crippen molar-refractivity contribution < 1.29 is 0 Å². The van der Waals surface area contributed by atoms with Crippen LogP contribution >= 0.6 is 0 Å². The number of rotatable bonds is 0. The molecule has 1 aromatic carbocycles. The molecule has 0 amide bonds. The Kier molecular flexibility index (Phi) is 2.45. The van der Waals surface area contributed by atoms with Gasteiger partial charge in [0.15, 0.2) is 0 Å². The maximum absolute atomic E-state index is 2.49. The Morgan fingerprint density at radius 3 is 2.50 bits per heavy atom. The van der Waals surface area contributed by atoms with Gasteiger partial charge < -0.3 is 4.90 Å². The van der Waals surface area contributed by atoms with Crippen LogP contribution in [0.2, 0.25) is 0 Å². The second-order valence-corrected chi connectivity index (χ2v) is 7.65. The van der Waals surface area contributed by atoms with Gasteiger partial charge in [-0.25, -0.2) is 0 Å². The van der Waals surface area contributed by atoms with E-state index in [0.717, 1.165) is 6.54 Å². The monoisotopic (exact) mass is 243 g/mol. The molecule has 2 aliphatic rings. The molecular weight excluding hydrogens is 218 g/mol. The molecule has 0 N–H and O–H groups in total. The first-order valence-corrected chi connectivity index (χ1v) is 7.15. The van der Waals surface area contributed by atoms with E-state index in [1.165, 1.54) is 24.9 Å². The largest absolute Gasteiger partial charge is 0.301 e. The summed E-state index contributed by atoms with van der Waals surface area (Å²) in [5.74, 6) is 0. The summed E-state index contributed by atoms with van der Waals surface area (Å²) < 4.78 is 0. The summed E-state index contributed by atoms with van der Waals surface area (Å²) in [6.07, 6.45) is 2.60. The van der Waals surface area contributed by atoms with Gasteiger partial charge in [-0.3, -0.25) is 0 Å². The standard InChI is InChI=1S/C17H25N/c1-16(2,3)14-8-12-6-7-17(4)11-18(5)10-13(9-14)15(12)17/h8-9H,6-7,10-11H2,1-5H3/t17-/m1/s1. The fourth-order valence-electron chi connectivity index (χ4n) is 3.93. The van der Waals surface area contributed by atoms with Crippen LogP contribution in [0.15, 0.2) is 12.1 Å². The number of hydrogen-bond donors (Lipinski definition) is 0. The van der Waals surface area contributed by atoms with Crippen molar-refractivity contribution in [3.8, 4) is 0 Å². The summed E-state index contributed by atoms with van der Waals surface area (Å²) in [6.45, 7) is 11.8. The molecule has 98 valence electrons. The molecule has 1 heteroatoms. The second kappa shape index (κ2) is 3.60. The van der Waals surface area contributed by atoms with Gasteiger partial charge in [-0.1, -0.05) is 39.8 Å². The molecule has 1 aliphatic carbocycles. The second-order valence-electron chi connectivity index (χ2n) is 7.65.